The molecular formula is C9H13BrN2O2. The van der Waals surface area contributed by atoms with Crippen LogP contribution in [0.25, 0.3) is 0 Å². The van der Waals surface area contributed by atoms with Crippen LogP contribution in [0.1, 0.15) is 17.3 Å². The van der Waals surface area contributed by atoms with Crippen molar-refractivity contribution in [3.05, 3.63) is 22.6 Å². The SMILES string of the molecule is CCNCCNC(=O)c1ccoc1Br. The lowest BCUT2D eigenvalue weighted by molar-refractivity contribution is 0.0952. The van der Waals surface area contributed by atoms with Crippen LogP contribution < -0.4 is 10.6 Å². The smallest absolute Gasteiger partial charge is 0.255 e. The van der Waals surface area contributed by atoms with Gasteiger partial charge in [0.05, 0.1) is 11.8 Å². The molecule has 1 heterocycles. The Morgan fingerprint density at radius 1 is 1.57 bits per heavy atom. The van der Waals surface area contributed by atoms with Gasteiger partial charge in [-0.15, -0.1) is 0 Å². The molecule has 0 saturated carbocycles. The number of carbonyl (C=O) groups is 1. The first-order chi connectivity index (χ1) is 6.75. The van der Waals surface area contributed by atoms with E-state index in [9.17, 15) is 4.79 Å². The molecule has 5 heteroatoms. The standard InChI is InChI=1S/C9H13BrN2O2/c1-2-11-4-5-12-9(13)7-3-6-14-8(7)10/h3,6,11H,2,4-5H2,1H3,(H,12,13). The zero-order chi connectivity index (χ0) is 10.4. The number of halogens is 1. The van der Waals surface area contributed by atoms with Gasteiger partial charge >= 0.3 is 0 Å². The van der Waals surface area contributed by atoms with Crippen molar-refractivity contribution in [2.45, 2.75) is 6.92 Å². The first-order valence-corrected chi connectivity index (χ1v) is 5.27. The molecule has 0 aliphatic heterocycles. The van der Waals surface area contributed by atoms with Crippen LogP contribution in [-0.2, 0) is 0 Å². The van der Waals surface area contributed by atoms with Crippen molar-refractivity contribution in [3.63, 3.8) is 0 Å². The van der Waals surface area contributed by atoms with Crippen molar-refractivity contribution in [3.8, 4) is 0 Å². The Bertz CT molecular complexity index is 299. The zero-order valence-corrected chi connectivity index (χ0v) is 9.56. The number of hydrogen-bond donors (Lipinski definition) is 2. The van der Waals surface area contributed by atoms with Crippen LogP contribution in [0.5, 0.6) is 0 Å². The lowest BCUT2D eigenvalue weighted by Crippen LogP contribution is -2.31. The summed E-state index contributed by atoms with van der Waals surface area (Å²) in [4.78, 5) is 11.5. The highest BCUT2D eigenvalue weighted by Gasteiger charge is 2.10. The summed E-state index contributed by atoms with van der Waals surface area (Å²) in [5.74, 6) is -0.122. The number of rotatable bonds is 5. The minimum atomic E-state index is -0.122. The minimum Gasteiger partial charge on any atom is -0.457 e. The van der Waals surface area contributed by atoms with Gasteiger partial charge in [0.25, 0.3) is 5.91 Å². The molecule has 0 bridgehead atoms. The van der Waals surface area contributed by atoms with Gasteiger partial charge in [0.15, 0.2) is 4.67 Å². The summed E-state index contributed by atoms with van der Waals surface area (Å²) in [7, 11) is 0. The molecule has 1 aromatic rings. The second-order valence-corrected chi connectivity index (χ2v) is 3.44. The van der Waals surface area contributed by atoms with Crippen LogP contribution in [0, 0.1) is 0 Å². The monoisotopic (exact) mass is 260 g/mol. The number of hydrogen-bond acceptors (Lipinski definition) is 3. The Labute approximate surface area is 91.2 Å². The van der Waals surface area contributed by atoms with E-state index in [4.69, 9.17) is 4.42 Å². The van der Waals surface area contributed by atoms with E-state index in [1.54, 1.807) is 6.07 Å². The Kier molecular flexibility index (Phi) is 4.69. The highest BCUT2D eigenvalue weighted by atomic mass is 79.9. The van der Waals surface area contributed by atoms with Crippen molar-refractivity contribution in [2.24, 2.45) is 0 Å². The van der Waals surface area contributed by atoms with Gasteiger partial charge in [0, 0.05) is 13.1 Å². The molecule has 1 amide bonds. The molecule has 1 aromatic heterocycles. The third kappa shape index (κ3) is 3.16. The number of likely N-dealkylation sites (N-methyl/N-ethyl adjacent to an activating group) is 1. The molecule has 0 saturated heterocycles. The van der Waals surface area contributed by atoms with Gasteiger partial charge in [-0.05, 0) is 28.5 Å². The third-order valence-electron chi connectivity index (χ3n) is 1.70. The molecule has 78 valence electrons. The lowest BCUT2D eigenvalue weighted by Gasteiger charge is -2.03. The fourth-order valence-corrected chi connectivity index (χ4v) is 1.41. The quantitative estimate of drug-likeness (QED) is 0.787. The highest BCUT2D eigenvalue weighted by molar-refractivity contribution is 9.10. The summed E-state index contributed by atoms with van der Waals surface area (Å²) >= 11 is 3.15. The first kappa shape index (κ1) is 11.3. The van der Waals surface area contributed by atoms with Crippen molar-refractivity contribution in [1.82, 2.24) is 10.6 Å². The van der Waals surface area contributed by atoms with Gasteiger partial charge in [-0.2, -0.15) is 0 Å². The lowest BCUT2D eigenvalue weighted by atomic mass is 10.3. The molecule has 0 atom stereocenters. The number of carbonyl (C=O) groups excluding carboxylic acids is 1. The second kappa shape index (κ2) is 5.82. The van der Waals surface area contributed by atoms with E-state index in [1.807, 2.05) is 6.92 Å². The van der Waals surface area contributed by atoms with Crippen molar-refractivity contribution < 1.29 is 9.21 Å². The largest absolute Gasteiger partial charge is 0.457 e. The predicted molar refractivity (Wildman–Crippen MR) is 57.3 cm³/mol. The van der Waals surface area contributed by atoms with E-state index in [0.717, 1.165) is 13.1 Å². The van der Waals surface area contributed by atoms with Crippen LogP contribution >= 0.6 is 15.9 Å². The molecule has 1 rings (SSSR count). The molecule has 0 aliphatic carbocycles. The Morgan fingerprint density at radius 2 is 2.36 bits per heavy atom. The number of furan rings is 1. The molecule has 0 radical (unpaired) electrons. The predicted octanol–water partition coefficient (Wildman–Crippen LogP) is 1.38. The van der Waals surface area contributed by atoms with E-state index in [1.165, 1.54) is 6.26 Å². The van der Waals surface area contributed by atoms with E-state index in [-0.39, 0.29) is 5.91 Å². The second-order valence-electron chi connectivity index (χ2n) is 2.72. The average molecular weight is 261 g/mol. The van der Waals surface area contributed by atoms with E-state index >= 15 is 0 Å². The molecule has 4 nitrogen and oxygen atoms in total. The summed E-state index contributed by atoms with van der Waals surface area (Å²) in [6.07, 6.45) is 1.48. The minimum absolute atomic E-state index is 0.122. The van der Waals surface area contributed by atoms with Crippen LogP contribution in [-0.4, -0.2) is 25.5 Å². The maximum atomic E-state index is 11.5. The van der Waals surface area contributed by atoms with Crippen LogP contribution in [0.2, 0.25) is 0 Å². The molecule has 0 aromatic carbocycles. The Balaban J connectivity index is 2.32. The highest BCUT2D eigenvalue weighted by Crippen LogP contribution is 2.16. The van der Waals surface area contributed by atoms with Crippen LogP contribution in [0.3, 0.4) is 0 Å². The molecule has 0 aliphatic rings. The van der Waals surface area contributed by atoms with Gasteiger partial charge in [-0.3, -0.25) is 4.79 Å². The summed E-state index contributed by atoms with van der Waals surface area (Å²) in [6, 6.07) is 1.63. The first-order valence-electron chi connectivity index (χ1n) is 4.47. The fraction of sp³-hybridized carbons (Fsp3) is 0.444. The fourth-order valence-electron chi connectivity index (χ4n) is 0.992. The normalized spacial score (nSPS) is 10.1. The number of nitrogens with one attached hydrogen (secondary N) is 2. The van der Waals surface area contributed by atoms with Gasteiger partial charge in [-0.25, -0.2) is 0 Å². The summed E-state index contributed by atoms with van der Waals surface area (Å²) in [5.41, 5.74) is 0.529. The van der Waals surface area contributed by atoms with Gasteiger partial charge < -0.3 is 15.1 Å². The maximum absolute atomic E-state index is 11.5. The van der Waals surface area contributed by atoms with Crippen molar-refractivity contribution >= 4 is 21.8 Å². The topological polar surface area (TPSA) is 54.3 Å². The molecule has 0 fully saturated rings. The molecule has 0 spiro atoms. The van der Waals surface area contributed by atoms with Gasteiger partial charge in [-0.1, -0.05) is 6.92 Å². The van der Waals surface area contributed by atoms with E-state index in [2.05, 4.69) is 26.6 Å². The van der Waals surface area contributed by atoms with Gasteiger partial charge in [0.2, 0.25) is 0 Å². The average Bonchev–Trinajstić information content (AvgIpc) is 2.59. The summed E-state index contributed by atoms with van der Waals surface area (Å²) in [6.45, 7) is 4.32. The van der Waals surface area contributed by atoms with Crippen molar-refractivity contribution in [1.29, 1.82) is 0 Å². The third-order valence-corrected chi connectivity index (χ3v) is 2.31. The molecular weight excluding hydrogens is 248 g/mol. The van der Waals surface area contributed by atoms with Crippen molar-refractivity contribution in [2.75, 3.05) is 19.6 Å². The van der Waals surface area contributed by atoms with Crippen LogP contribution in [0.4, 0.5) is 0 Å². The molecule has 2 N–H and O–H groups in total. The molecule has 14 heavy (non-hydrogen) atoms. The number of amides is 1. The van der Waals surface area contributed by atoms with E-state index in [0.29, 0.717) is 16.8 Å². The van der Waals surface area contributed by atoms with Crippen LogP contribution in [0.15, 0.2) is 21.4 Å². The summed E-state index contributed by atoms with van der Waals surface area (Å²) < 4.78 is 5.42. The molecule has 0 unspecified atom stereocenters. The van der Waals surface area contributed by atoms with Gasteiger partial charge in [0.1, 0.15) is 0 Å². The Hall–Kier alpha value is -0.810. The summed E-state index contributed by atoms with van der Waals surface area (Å²) in [5, 5.41) is 5.88. The van der Waals surface area contributed by atoms with E-state index < -0.39 is 0 Å². The maximum Gasteiger partial charge on any atom is 0.255 e. The Morgan fingerprint density at radius 3 is 2.93 bits per heavy atom. The zero-order valence-electron chi connectivity index (χ0n) is 7.97.